The SMILES string of the molecule is COc1ccc2c(-c3cc[nH]c3)c(OC)ccc2c1-c1cc[nH]c1. The first-order valence-corrected chi connectivity index (χ1v) is 7.77. The van der Waals surface area contributed by atoms with Gasteiger partial charge in [0.1, 0.15) is 11.5 Å². The van der Waals surface area contributed by atoms with Crippen LogP contribution in [0.15, 0.2) is 61.2 Å². The number of rotatable bonds is 4. The van der Waals surface area contributed by atoms with Crippen LogP contribution >= 0.6 is 0 Å². The first-order valence-electron chi connectivity index (χ1n) is 7.77. The van der Waals surface area contributed by atoms with Crippen molar-refractivity contribution in [2.75, 3.05) is 14.2 Å². The molecule has 0 saturated heterocycles. The molecule has 0 amide bonds. The number of hydrogen-bond donors (Lipinski definition) is 2. The van der Waals surface area contributed by atoms with Crippen LogP contribution in [0.1, 0.15) is 0 Å². The van der Waals surface area contributed by atoms with Gasteiger partial charge < -0.3 is 19.4 Å². The first-order chi connectivity index (χ1) is 11.8. The number of hydrogen-bond acceptors (Lipinski definition) is 2. The maximum absolute atomic E-state index is 5.61. The van der Waals surface area contributed by atoms with E-state index < -0.39 is 0 Å². The molecule has 2 heterocycles. The number of fused-ring (bicyclic) bond motifs is 1. The minimum Gasteiger partial charge on any atom is -0.496 e. The van der Waals surface area contributed by atoms with Crippen LogP contribution in [0.3, 0.4) is 0 Å². The van der Waals surface area contributed by atoms with Crippen molar-refractivity contribution in [1.29, 1.82) is 0 Å². The summed E-state index contributed by atoms with van der Waals surface area (Å²) in [5.74, 6) is 1.71. The molecule has 0 bridgehead atoms. The maximum atomic E-state index is 5.61. The summed E-state index contributed by atoms with van der Waals surface area (Å²) in [5.41, 5.74) is 4.36. The Kier molecular flexibility index (Phi) is 3.50. The van der Waals surface area contributed by atoms with Crippen LogP contribution in [-0.2, 0) is 0 Å². The fourth-order valence-electron chi connectivity index (χ4n) is 3.26. The summed E-state index contributed by atoms with van der Waals surface area (Å²) in [6, 6.07) is 12.3. The molecule has 24 heavy (non-hydrogen) atoms. The van der Waals surface area contributed by atoms with Gasteiger partial charge in [0.15, 0.2) is 0 Å². The highest BCUT2D eigenvalue weighted by atomic mass is 16.5. The van der Waals surface area contributed by atoms with E-state index in [1.807, 2.05) is 36.9 Å². The van der Waals surface area contributed by atoms with Crippen molar-refractivity contribution < 1.29 is 9.47 Å². The quantitative estimate of drug-likeness (QED) is 0.565. The zero-order valence-corrected chi connectivity index (χ0v) is 13.6. The molecule has 0 saturated carbocycles. The highest BCUT2D eigenvalue weighted by molar-refractivity contribution is 6.08. The zero-order chi connectivity index (χ0) is 16.5. The Morgan fingerprint density at radius 1 is 0.625 bits per heavy atom. The van der Waals surface area contributed by atoms with Crippen molar-refractivity contribution in [3.63, 3.8) is 0 Å². The van der Waals surface area contributed by atoms with E-state index in [9.17, 15) is 0 Å². The molecule has 2 N–H and O–H groups in total. The van der Waals surface area contributed by atoms with Crippen molar-refractivity contribution in [2.45, 2.75) is 0 Å². The van der Waals surface area contributed by atoms with Crippen molar-refractivity contribution in [2.24, 2.45) is 0 Å². The van der Waals surface area contributed by atoms with E-state index in [1.54, 1.807) is 14.2 Å². The van der Waals surface area contributed by atoms with Gasteiger partial charge >= 0.3 is 0 Å². The number of ether oxygens (including phenoxy) is 2. The Morgan fingerprint density at radius 2 is 1.08 bits per heavy atom. The monoisotopic (exact) mass is 318 g/mol. The van der Waals surface area contributed by atoms with E-state index in [2.05, 4.69) is 34.2 Å². The fraction of sp³-hybridized carbons (Fsp3) is 0.100. The predicted molar refractivity (Wildman–Crippen MR) is 96.6 cm³/mol. The molecule has 0 aliphatic rings. The lowest BCUT2D eigenvalue weighted by Gasteiger charge is -2.16. The first kappa shape index (κ1) is 14.5. The van der Waals surface area contributed by atoms with E-state index in [0.29, 0.717) is 0 Å². The summed E-state index contributed by atoms with van der Waals surface area (Å²) in [4.78, 5) is 6.25. The van der Waals surface area contributed by atoms with E-state index in [4.69, 9.17) is 9.47 Å². The van der Waals surface area contributed by atoms with Crippen LogP contribution < -0.4 is 9.47 Å². The molecule has 0 spiro atoms. The number of aromatic nitrogens is 2. The second-order valence-corrected chi connectivity index (χ2v) is 5.58. The molecule has 0 radical (unpaired) electrons. The molecule has 2 aromatic carbocycles. The minimum atomic E-state index is 0.854. The molecule has 4 aromatic rings. The molecular weight excluding hydrogens is 300 g/mol. The Labute approximate surface area is 140 Å². The van der Waals surface area contributed by atoms with Crippen molar-refractivity contribution in [3.8, 4) is 33.8 Å². The van der Waals surface area contributed by atoms with Gasteiger partial charge in [0.05, 0.1) is 14.2 Å². The van der Waals surface area contributed by atoms with Gasteiger partial charge in [0, 0.05) is 47.0 Å². The third-order valence-electron chi connectivity index (χ3n) is 4.34. The van der Waals surface area contributed by atoms with E-state index in [-0.39, 0.29) is 0 Å². The normalized spacial score (nSPS) is 10.9. The van der Waals surface area contributed by atoms with Gasteiger partial charge in [-0.15, -0.1) is 0 Å². The summed E-state index contributed by atoms with van der Waals surface area (Å²) >= 11 is 0. The topological polar surface area (TPSA) is 50.0 Å². The third kappa shape index (κ3) is 2.15. The predicted octanol–water partition coefficient (Wildman–Crippen LogP) is 4.85. The number of benzene rings is 2. The minimum absolute atomic E-state index is 0.854. The standard InChI is InChI=1S/C20H18N2O2/c1-23-17-5-3-16-15(19(17)13-7-9-21-11-13)4-6-18(24-2)20(16)14-8-10-22-12-14/h3-12,21-22H,1-2H3. The van der Waals surface area contributed by atoms with Gasteiger partial charge in [-0.1, -0.05) is 0 Å². The third-order valence-corrected chi connectivity index (χ3v) is 4.34. The number of methoxy groups -OCH3 is 2. The molecule has 0 aliphatic heterocycles. The lowest BCUT2D eigenvalue weighted by Crippen LogP contribution is -1.93. The summed E-state index contributed by atoms with van der Waals surface area (Å²) in [7, 11) is 3.40. The van der Waals surface area contributed by atoms with Crippen molar-refractivity contribution in [3.05, 3.63) is 61.2 Å². The van der Waals surface area contributed by atoms with E-state index in [0.717, 1.165) is 44.5 Å². The summed E-state index contributed by atoms with van der Waals surface area (Å²) in [5, 5.41) is 2.26. The molecule has 4 heteroatoms. The summed E-state index contributed by atoms with van der Waals surface area (Å²) < 4.78 is 11.2. The molecule has 0 aliphatic carbocycles. The highest BCUT2D eigenvalue weighted by Crippen LogP contribution is 2.43. The molecule has 0 atom stereocenters. The average Bonchev–Trinajstić information content (AvgIpc) is 3.33. The molecule has 4 nitrogen and oxygen atoms in total. The number of nitrogens with one attached hydrogen (secondary N) is 2. The molecule has 0 unspecified atom stereocenters. The summed E-state index contributed by atoms with van der Waals surface area (Å²) in [6.45, 7) is 0. The van der Waals surface area contributed by atoms with Gasteiger partial charge in [-0.3, -0.25) is 0 Å². The number of H-pyrrole nitrogens is 2. The van der Waals surface area contributed by atoms with Crippen LogP contribution in [0.4, 0.5) is 0 Å². The smallest absolute Gasteiger partial charge is 0.127 e. The van der Waals surface area contributed by atoms with Crippen LogP contribution in [-0.4, -0.2) is 24.2 Å². The lowest BCUT2D eigenvalue weighted by molar-refractivity contribution is 0.416. The van der Waals surface area contributed by atoms with Gasteiger partial charge in [-0.25, -0.2) is 0 Å². The fourth-order valence-corrected chi connectivity index (χ4v) is 3.26. The molecular formula is C20H18N2O2. The van der Waals surface area contributed by atoms with Gasteiger partial charge in [0.2, 0.25) is 0 Å². The van der Waals surface area contributed by atoms with Crippen LogP contribution in [0.5, 0.6) is 11.5 Å². The van der Waals surface area contributed by atoms with Gasteiger partial charge in [-0.2, -0.15) is 0 Å². The molecule has 4 rings (SSSR count). The average molecular weight is 318 g/mol. The van der Waals surface area contributed by atoms with Gasteiger partial charge in [0.25, 0.3) is 0 Å². The van der Waals surface area contributed by atoms with Crippen LogP contribution in [0, 0.1) is 0 Å². The zero-order valence-electron chi connectivity index (χ0n) is 13.6. The summed E-state index contributed by atoms with van der Waals surface area (Å²) in [6.07, 6.45) is 7.81. The Hall–Kier alpha value is -3.14. The molecule has 0 fully saturated rings. The Morgan fingerprint density at radius 3 is 1.42 bits per heavy atom. The maximum Gasteiger partial charge on any atom is 0.127 e. The Balaban J connectivity index is 2.11. The van der Waals surface area contributed by atoms with E-state index >= 15 is 0 Å². The van der Waals surface area contributed by atoms with Crippen molar-refractivity contribution >= 4 is 10.8 Å². The largest absolute Gasteiger partial charge is 0.496 e. The van der Waals surface area contributed by atoms with Crippen LogP contribution in [0.25, 0.3) is 33.0 Å². The second kappa shape index (κ2) is 5.81. The van der Waals surface area contributed by atoms with Crippen LogP contribution in [0.2, 0.25) is 0 Å². The molecule has 2 aromatic heterocycles. The lowest BCUT2D eigenvalue weighted by atomic mass is 9.93. The second-order valence-electron chi connectivity index (χ2n) is 5.58. The van der Waals surface area contributed by atoms with E-state index in [1.165, 1.54) is 0 Å². The van der Waals surface area contributed by atoms with Crippen molar-refractivity contribution in [1.82, 2.24) is 9.97 Å². The van der Waals surface area contributed by atoms with Gasteiger partial charge in [-0.05, 0) is 47.2 Å². The Bertz CT molecular complexity index is 889. The highest BCUT2D eigenvalue weighted by Gasteiger charge is 2.17. The molecule has 120 valence electrons. The number of aromatic amines is 2.